The molecule has 1 aliphatic rings. The zero-order valence-electron chi connectivity index (χ0n) is 16.7. The molecule has 30 heavy (non-hydrogen) atoms. The minimum absolute atomic E-state index is 0.115. The molecule has 1 saturated heterocycles. The van der Waals surface area contributed by atoms with Crippen molar-refractivity contribution < 1.29 is 4.79 Å². The van der Waals surface area contributed by atoms with Crippen molar-refractivity contribution in [2.75, 3.05) is 49.9 Å². The topological polar surface area (TPSA) is 48.5 Å². The van der Waals surface area contributed by atoms with Crippen LogP contribution in [0.2, 0.25) is 5.02 Å². The number of carbonyl (C=O) groups is 1. The summed E-state index contributed by atoms with van der Waals surface area (Å²) >= 11 is 9.33. The second-order valence-corrected chi connectivity index (χ2v) is 9.81. The lowest BCUT2D eigenvalue weighted by Gasteiger charge is -2.34. The van der Waals surface area contributed by atoms with Crippen molar-refractivity contribution in [1.29, 1.82) is 0 Å². The summed E-state index contributed by atoms with van der Waals surface area (Å²) in [5, 5.41) is 4.89. The highest BCUT2D eigenvalue weighted by molar-refractivity contribution is 7.99. The SMILES string of the molecule is O=C(CCSc1ccc(Cl)cc1)NCCN1CCN(c2nc3ccccc3s2)CC1. The van der Waals surface area contributed by atoms with Crippen LogP contribution in [0, 0.1) is 0 Å². The Balaban J connectivity index is 1.12. The van der Waals surface area contributed by atoms with Gasteiger partial charge in [-0.15, -0.1) is 11.8 Å². The molecule has 4 rings (SSSR count). The highest BCUT2D eigenvalue weighted by Crippen LogP contribution is 2.29. The summed E-state index contributed by atoms with van der Waals surface area (Å²) in [6.07, 6.45) is 0.526. The van der Waals surface area contributed by atoms with E-state index in [-0.39, 0.29) is 5.91 Å². The number of thioether (sulfide) groups is 1. The van der Waals surface area contributed by atoms with E-state index in [2.05, 4.69) is 33.3 Å². The van der Waals surface area contributed by atoms with E-state index < -0.39 is 0 Å². The van der Waals surface area contributed by atoms with E-state index in [1.165, 1.54) is 4.70 Å². The standard InChI is InChI=1S/C22H25ClN4OS2/c23-17-5-7-18(8-6-17)29-16-9-21(28)24-10-11-26-12-14-27(15-13-26)22-25-19-3-1-2-4-20(19)30-22/h1-8H,9-16H2,(H,24,28). The van der Waals surface area contributed by atoms with Crippen molar-refractivity contribution in [3.63, 3.8) is 0 Å². The fourth-order valence-corrected chi connectivity index (χ4v) is 5.39. The lowest BCUT2D eigenvalue weighted by molar-refractivity contribution is -0.120. The highest BCUT2D eigenvalue weighted by atomic mass is 35.5. The van der Waals surface area contributed by atoms with Gasteiger partial charge in [-0.25, -0.2) is 4.98 Å². The van der Waals surface area contributed by atoms with Gasteiger partial charge in [0, 0.05) is 61.4 Å². The molecule has 8 heteroatoms. The van der Waals surface area contributed by atoms with Gasteiger partial charge >= 0.3 is 0 Å². The number of amides is 1. The van der Waals surface area contributed by atoms with E-state index in [0.29, 0.717) is 13.0 Å². The van der Waals surface area contributed by atoms with E-state index in [4.69, 9.17) is 16.6 Å². The van der Waals surface area contributed by atoms with Crippen molar-refractivity contribution >= 4 is 56.0 Å². The summed E-state index contributed by atoms with van der Waals surface area (Å²) in [7, 11) is 0. The summed E-state index contributed by atoms with van der Waals surface area (Å²) in [4.78, 5) is 22.7. The van der Waals surface area contributed by atoms with Crippen molar-refractivity contribution in [3.8, 4) is 0 Å². The molecule has 0 unspecified atom stereocenters. The van der Waals surface area contributed by atoms with Gasteiger partial charge < -0.3 is 10.2 Å². The fourth-order valence-electron chi connectivity index (χ4n) is 3.39. The monoisotopic (exact) mass is 460 g/mol. The highest BCUT2D eigenvalue weighted by Gasteiger charge is 2.19. The lowest BCUT2D eigenvalue weighted by Crippen LogP contribution is -2.48. The molecule has 0 saturated carbocycles. The summed E-state index contributed by atoms with van der Waals surface area (Å²) in [6, 6.07) is 16.0. The Morgan fingerprint density at radius 1 is 1.10 bits per heavy atom. The van der Waals surface area contributed by atoms with E-state index in [1.54, 1.807) is 23.1 Å². The minimum Gasteiger partial charge on any atom is -0.355 e. The number of anilines is 1. The average molecular weight is 461 g/mol. The maximum absolute atomic E-state index is 12.1. The smallest absolute Gasteiger partial charge is 0.220 e. The third kappa shape index (κ3) is 5.88. The van der Waals surface area contributed by atoms with Gasteiger partial charge in [0.1, 0.15) is 0 Å². The molecule has 0 spiro atoms. The van der Waals surface area contributed by atoms with Crippen molar-refractivity contribution in [3.05, 3.63) is 53.6 Å². The third-order valence-corrected chi connectivity index (χ3v) is 7.45. The number of rotatable bonds is 8. The number of hydrogen-bond acceptors (Lipinski definition) is 6. The molecule has 0 bridgehead atoms. The summed E-state index contributed by atoms with van der Waals surface area (Å²) in [5.41, 5.74) is 1.08. The Morgan fingerprint density at radius 2 is 1.87 bits per heavy atom. The molecule has 1 aromatic heterocycles. The number of piperazine rings is 1. The number of fused-ring (bicyclic) bond motifs is 1. The van der Waals surface area contributed by atoms with Crippen LogP contribution in [0.3, 0.4) is 0 Å². The predicted molar refractivity (Wildman–Crippen MR) is 128 cm³/mol. The summed E-state index contributed by atoms with van der Waals surface area (Å²) < 4.78 is 1.24. The number of hydrogen-bond donors (Lipinski definition) is 1. The summed E-state index contributed by atoms with van der Waals surface area (Å²) in [6.45, 7) is 5.54. The maximum atomic E-state index is 12.1. The van der Waals surface area contributed by atoms with Crippen LogP contribution in [0.1, 0.15) is 6.42 Å². The van der Waals surface area contributed by atoms with Gasteiger partial charge in [-0.3, -0.25) is 9.69 Å². The molecule has 1 amide bonds. The Labute approximate surface area is 190 Å². The molecule has 2 aromatic carbocycles. The number of nitrogens with one attached hydrogen (secondary N) is 1. The average Bonchev–Trinajstić information content (AvgIpc) is 3.20. The Morgan fingerprint density at radius 3 is 2.63 bits per heavy atom. The largest absolute Gasteiger partial charge is 0.355 e. The predicted octanol–water partition coefficient (Wildman–Crippen LogP) is 4.37. The normalized spacial score (nSPS) is 14.9. The van der Waals surface area contributed by atoms with Crippen LogP contribution in [0.5, 0.6) is 0 Å². The van der Waals surface area contributed by atoms with Gasteiger partial charge in [0.25, 0.3) is 0 Å². The van der Waals surface area contributed by atoms with Crippen LogP contribution in [0.15, 0.2) is 53.4 Å². The van der Waals surface area contributed by atoms with Crippen LogP contribution in [0.25, 0.3) is 10.2 Å². The quantitative estimate of drug-likeness (QED) is 0.506. The van der Waals surface area contributed by atoms with Crippen LogP contribution < -0.4 is 10.2 Å². The van der Waals surface area contributed by atoms with Crippen LogP contribution in [-0.4, -0.2) is 60.8 Å². The first-order chi connectivity index (χ1) is 14.7. The Kier molecular flexibility index (Phi) is 7.49. The van der Waals surface area contributed by atoms with Crippen LogP contribution in [-0.2, 0) is 4.79 Å². The fraction of sp³-hybridized carbons (Fsp3) is 0.364. The van der Waals surface area contributed by atoms with Crippen LogP contribution >= 0.6 is 34.7 Å². The molecule has 1 N–H and O–H groups in total. The van der Waals surface area contributed by atoms with Gasteiger partial charge in [-0.05, 0) is 36.4 Å². The van der Waals surface area contributed by atoms with Crippen molar-refractivity contribution in [2.45, 2.75) is 11.3 Å². The van der Waals surface area contributed by atoms with E-state index >= 15 is 0 Å². The first kappa shape index (κ1) is 21.4. The molecule has 0 atom stereocenters. The minimum atomic E-state index is 0.115. The molecule has 2 heterocycles. The van der Waals surface area contributed by atoms with Gasteiger partial charge in [-0.2, -0.15) is 0 Å². The number of benzene rings is 2. The number of carbonyl (C=O) groups excluding carboxylic acids is 1. The summed E-state index contributed by atoms with van der Waals surface area (Å²) in [5.74, 6) is 0.887. The number of aromatic nitrogens is 1. The Bertz CT molecular complexity index is 938. The second kappa shape index (κ2) is 10.5. The maximum Gasteiger partial charge on any atom is 0.220 e. The van der Waals surface area contributed by atoms with Crippen molar-refractivity contribution in [2.24, 2.45) is 0 Å². The lowest BCUT2D eigenvalue weighted by atomic mass is 10.3. The molecular weight excluding hydrogens is 436 g/mol. The van der Waals surface area contributed by atoms with E-state index in [0.717, 1.165) is 59.0 Å². The van der Waals surface area contributed by atoms with E-state index in [9.17, 15) is 4.79 Å². The number of halogens is 1. The van der Waals surface area contributed by atoms with Crippen molar-refractivity contribution in [1.82, 2.24) is 15.2 Å². The van der Waals surface area contributed by atoms with Crippen LogP contribution in [0.4, 0.5) is 5.13 Å². The first-order valence-corrected chi connectivity index (χ1v) is 12.3. The van der Waals surface area contributed by atoms with E-state index in [1.807, 2.05) is 30.3 Å². The van der Waals surface area contributed by atoms with Gasteiger partial charge in [0.05, 0.1) is 10.2 Å². The first-order valence-electron chi connectivity index (χ1n) is 10.2. The molecule has 5 nitrogen and oxygen atoms in total. The molecule has 0 aliphatic carbocycles. The van der Waals surface area contributed by atoms with Gasteiger partial charge in [0.2, 0.25) is 5.91 Å². The molecule has 1 fully saturated rings. The zero-order valence-corrected chi connectivity index (χ0v) is 19.1. The van der Waals surface area contributed by atoms with Gasteiger partial charge in [-0.1, -0.05) is 35.1 Å². The second-order valence-electron chi connectivity index (χ2n) is 7.20. The zero-order chi connectivity index (χ0) is 20.8. The number of thiazole rings is 1. The van der Waals surface area contributed by atoms with Gasteiger partial charge in [0.15, 0.2) is 5.13 Å². The molecule has 1 aliphatic heterocycles. The molecule has 158 valence electrons. The number of para-hydroxylation sites is 1. The molecule has 0 radical (unpaired) electrons. The Hall–Kier alpha value is -1.80. The number of nitrogens with zero attached hydrogens (tertiary/aromatic N) is 3. The molecular formula is C22H25ClN4OS2. The third-order valence-electron chi connectivity index (χ3n) is 5.09. The molecule has 3 aromatic rings.